The second kappa shape index (κ2) is 47.6. The minimum atomic E-state index is -1.56. The number of aliphatic hydroxyl groups excluding tert-OH is 5. The molecule has 0 radical (unpaired) electrons. The molecule has 0 aromatic carbocycles. The molecule has 390 valence electrons. The van der Waals surface area contributed by atoms with Crippen LogP contribution < -0.4 is 5.32 Å². The van der Waals surface area contributed by atoms with Crippen LogP contribution in [0, 0.1) is 0 Å². The van der Waals surface area contributed by atoms with Gasteiger partial charge in [-0.3, -0.25) is 4.79 Å². The van der Waals surface area contributed by atoms with Crippen molar-refractivity contribution in [1.82, 2.24) is 5.32 Å². The Labute approximate surface area is 411 Å². The van der Waals surface area contributed by atoms with Gasteiger partial charge in [0, 0.05) is 6.42 Å². The first kappa shape index (κ1) is 62.9. The molecule has 0 aromatic rings. The molecule has 0 saturated carbocycles. The summed E-state index contributed by atoms with van der Waals surface area (Å²) in [5.74, 6) is -0.162. The summed E-state index contributed by atoms with van der Waals surface area (Å²) < 4.78 is 11.3. The highest BCUT2D eigenvalue weighted by Gasteiger charge is 2.44. The molecule has 1 fully saturated rings. The van der Waals surface area contributed by atoms with Gasteiger partial charge in [-0.1, -0.05) is 242 Å². The van der Waals surface area contributed by atoms with Crippen molar-refractivity contribution in [1.29, 1.82) is 0 Å². The molecule has 7 unspecified atom stereocenters. The lowest BCUT2D eigenvalue weighted by molar-refractivity contribution is -0.302. The summed E-state index contributed by atoms with van der Waals surface area (Å²) in [7, 11) is 0. The zero-order valence-corrected chi connectivity index (χ0v) is 43.1. The Morgan fingerprint density at radius 3 is 1.37 bits per heavy atom. The molecule has 67 heavy (non-hydrogen) atoms. The number of hydrogen-bond acceptors (Lipinski definition) is 8. The van der Waals surface area contributed by atoms with Crippen molar-refractivity contribution < 1.29 is 39.8 Å². The van der Waals surface area contributed by atoms with Crippen molar-refractivity contribution in [2.75, 3.05) is 13.2 Å². The molecular weight excluding hydrogens is 839 g/mol. The number of allylic oxidation sites excluding steroid dienone is 10. The van der Waals surface area contributed by atoms with Gasteiger partial charge in [0.2, 0.25) is 5.91 Å². The minimum absolute atomic E-state index is 0.148. The Bertz CT molecular complexity index is 1230. The molecule has 1 rings (SSSR count). The first-order valence-corrected chi connectivity index (χ1v) is 28.0. The van der Waals surface area contributed by atoms with E-state index in [-0.39, 0.29) is 12.5 Å². The number of unbranched alkanes of at least 4 members (excludes halogenated alkanes) is 27. The Morgan fingerprint density at radius 1 is 0.522 bits per heavy atom. The average Bonchev–Trinajstić information content (AvgIpc) is 3.33. The Morgan fingerprint density at radius 2 is 0.925 bits per heavy atom. The fourth-order valence-electron chi connectivity index (χ4n) is 8.72. The van der Waals surface area contributed by atoms with Crippen LogP contribution in [0.5, 0.6) is 0 Å². The molecule has 0 aliphatic carbocycles. The molecule has 9 heteroatoms. The number of rotatable bonds is 47. The van der Waals surface area contributed by atoms with Crippen LogP contribution in [0.4, 0.5) is 0 Å². The first-order valence-electron chi connectivity index (χ1n) is 28.0. The summed E-state index contributed by atoms with van der Waals surface area (Å²) in [4.78, 5) is 13.1. The van der Waals surface area contributed by atoms with E-state index in [9.17, 15) is 30.3 Å². The van der Waals surface area contributed by atoms with Gasteiger partial charge in [0.15, 0.2) is 6.29 Å². The Balaban J connectivity index is 2.25. The molecule has 0 spiro atoms. The van der Waals surface area contributed by atoms with E-state index in [0.717, 1.165) is 89.9 Å². The zero-order valence-electron chi connectivity index (χ0n) is 43.1. The van der Waals surface area contributed by atoms with E-state index in [4.69, 9.17) is 9.47 Å². The van der Waals surface area contributed by atoms with Gasteiger partial charge in [0.1, 0.15) is 24.4 Å². The number of nitrogens with one attached hydrogen (secondary N) is 1. The molecule has 6 N–H and O–H groups in total. The lowest BCUT2D eigenvalue weighted by Crippen LogP contribution is -2.60. The first-order chi connectivity index (χ1) is 32.8. The Hall–Kier alpha value is -2.11. The van der Waals surface area contributed by atoms with Crippen molar-refractivity contribution in [3.05, 3.63) is 60.8 Å². The predicted octanol–water partition coefficient (Wildman–Crippen LogP) is 13.5. The molecule has 1 saturated heterocycles. The maximum Gasteiger partial charge on any atom is 0.220 e. The van der Waals surface area contributed by atoms with Crippen LogP contribution >= 0.6 is 0 Å². The number of carbonyl (C=O) groups excluding carboxylic acids is 1. The smallest absolute Gasteiger partial charge is 0.220 e. The van der Waals surface area contributed by atoms with Crippen molar-refractivity contribution in [3.8, 4) is 0 Å². The van der Waals surface area contributed by atoms with Crippen molar-refractivity contribution in [3.63, 3.8) is 0 Å². The number of hydrogen-bond donors (Lipinski definition) is 6. The van der Waals surface area contributed by atoms with Crippen LogP contribution in [0.1, 0.15) is 245 Å². The van der Waals surface area contributed by atoms with E-state index in [2.05, 4.69) is 79.9 Å². The quantitative estimate of drug-likeness (QED) is 0.0261. The summed E-state index contributed by atoms with van der Waals surface area (Å²) >= 11 is 0. The Kier molecular flexibility index (Phi) is 44.7. The van der Waals surface area contributed by atoms with Gasteiger partial charge in [-0.15, -0.1) is 0 Å². The molecule has 7 atom stereocenters. The summed E-state index contributed by atoms with van der Waals surface area (Å²) in [6.07, 6.45) is 56.7. The average molecular weight is 944 g/mol. The summed E-state index contributed by atoms with van der Waals surface area (Å²) in [6, 6.07) is -0.733. The van der Waals surface area contributed by atoms with E-state index in [1.54, 1.807) is 0 Å². The second-order valence-electron chi connectivity index (χ2n) is 19.4. The highest BCUT2D eigenvalue weighted by Crippen LogP contribution is 2.23. The van der Waals surface area contributed by atoms with E-state index in [1.165, 1.54) is 128 Å². The fourth-order valence-corrected chi connectivity index (χ4v) is 8.72. The monoisotopic (exact) mass is 944 g/mol. The van der Waals surface area contributed by atoms with Gasteiger partial charge in [0.25, 0.3) is 0 Å². The van der Waals surface area contributed by atoms with E-state index in [1.807, 2.05) is 0 Å². The summed E-state index contributed by atoms with van der Waals surface area (Å²) in [6.45, 7) is 3.73. The van der Waals surface area contributed by atoms with Gasteiger partial charge in [-0.2, -0.15) is 0 Å². The SMILES string of the molecule is CC/C=C\C/C=C\C/C=C\C/C=C\C/C=C\CCCCCCCC(=O)NC(COC1OC(CO)C(O)C(O)C1O)C(O)CCCCCCCCCCCCCCCCCCCCCCCCC. The zero-order chi connectivity index (χ0) is 48.7. The van der Waals surface area contributed by atoms with Crippen LogP contribution in [-0.2, 0) is 14.3 Å². The molecular formula is C58H105NO8. The fraction of sp³-hybridized carbons (Fsp3) is 0.810. The molecule has 9 nitrogen and oxygen atoms in total. The van der Waals surface area contributed by atoms with E-state index >= 15 is 0 Å². The molecule has 0 bridgehead atoms. The van der Waals surface area contributed by atoms with E-state index < -0.39 is 49.5 Å². The lowest BCUT2D eigenvalue weighted by Gasteiger charge is -2.40. The third-order valence-electron chi connectivity index (χ3n) is 13.1. The van der Waals surface area contributed by atoms with Crippen molar-refractivity contribution >= 4 is 5.91 Å². The molecule has 1 heterocycles. The van der Waals surface area contributed by atoms with Crippen LogP contribution in [0.3, 0.4) is 0 Å². The number of amides is 1. The highest BCUT2D eigenvalue weighted by atomic mass is 16.7. The minimum Gasteiger partial charge on any atom is -0.394 e. The van der Waals surface area contributed by atoms with Gasteiger partial charge < -0.3 is 40.3 Å². The molecule has 1 aliphatic rings. The molecule has 1 aliphatic heterocycles. The van der Waals surface area contributed by atoms with E-state index in [0.29, 0.717) is 12.8 Å². The van der Waals surface area contributed by atoms with Crippen LogP contribution in [0.2, 0.25) is 0 Å². The van der Waals surface area contributed by atoms with Crippen LogP contribution in [-0.4, -0.2) is 87.5 Å². The third kappa shape index (κ3) is 37.4. The van der Waals surface area contributed by atoms with Gasteiger partial charge in [0.05, 0.1) is 25.4 Å². The lowest BCUT2D eigenvalue weighted by atomic mass is 9.99. The standard InChI is InChI=1S/C58H105NO8/c1-3-5-7-9-11-13-15-17-19-21-23-25-26-28-29-31-33-35-37-39-41-43-45-47-52(61)51(50-66-58-57(65)56(64)55(63)53(49-60)67-58)59-54(62)48-46-44-42-40-38-36-34-32-30-27-24-22-20-18-16-14-12-10-8-6-4-2/h6,8,12,14,18,20,24,27,32,34,51-53,55-58,60-61,63-65H,3-5,7,9-11,13,15-17,19,21-23,25-26,28-31,33,35-50H2,1-2H3,(H,59,62)/b8-6-,14-12-,20-18-,27-24-,34-32-. The summed E-state index contributed by atoms with van der Waals surface area (Å²) in [5, 5.41) is 54.7. The van der Waals surface area contributed by atoms with Crippen LogP contribution in [0.15, 0.2) is 60.8 Å². The number of carbonyl (C=O) groups is 1. The third-order valence-corrected chi connectivity index (χ3v) is 13.1. The van der Waals surface area contributed by atoms with Crippen molar-refractivity contribution in [2.45, 2.75) is 288 Å². The normalized spacial score (nSPS) is 20.1. The number of ether oxygens (including phenoxy) is 2. The second-order valence-corrected chi connectivity index (χ2v) is 19.4. The molecule has 1 amide bonds. The van der Waals surface area contributed by atoms with Gasteiger partial charge in [-0.25, -0.2) is 0 Å². The highest BCUT2D eigenvalue weighted by molar-refractivity contribution is 5.76. The maximum atomic E-state index is 13.1. The predicted molar refractivity (Wildman–Crippen MR) is 281 cm³/mol. The largest absolute Gasteiger partial charge is 0.394 e. The van der Waals surface area contributed by atoms with Gasteiger partial charge in [-0.05, 0) is 57.8 Å². The molecule has 0 aromatic heterocycles. The maximum absolute atomic E-state index is 13.1. The topological polar surface area (TPSA) is 149 Å². The van der Waals surface area contributed by atoms with Gasteiger partial charge >= 0.3 is 0 Å². The van der Waals surface area contributed by atoms with Crippen LogP contribution in [0.25, 0.3) is 0 Å². The summed E-state index contributed by atoms with van der Waals surface area (Å²) in [5.41, 5.74) is 0. The van der Waals surface area contributed by atoms with Crippen molar-refractivity contribution in [2.24, 2.45) is 0 Å². The number of aliphatic hydroxyl groups is 5.